The molecule has 1 aliphatic rings. The topological polar surface area (TPSA) is 88.6 Å². The molecule has 0 atom stereocenters. The molecule has 1 N–H and O–H groups in total. The van der Waals surface area contributed by atoms with Crippen LogP contribution in [0.2, 0.25) is 0 Å². The van der Waals surface area contributed by atoms with E-state index < -0.39 is 28.7 Å². The summed E-state index contributed by atoms with van der Waals surface area (Å²) in [5.74, 6) is 0.486. The number of nitrogens with zero attached hydrogens (tertiary/aromatic N) is 2. The summed E-state index contributed by atoms with van der Waals surface area (Å²) in [6.07, 6.45) is -3.25. The lowest BCUT2D eigenvalue weighted by Crippen LogP contribution is -2.38. The summed E-state index contributed by atoms with van der Waals surface area (Å²) in [5.41, 5.74) is 0.240. The Bertz CT molecular complexity index is 989. The third-order valence-corrected chi connectivity index (χ3v) is 8.01. The highest BCUT2D eigenvalue weighted by atomic mass is 32.2. The van der Waals surface area contributed by atoms with Crippen molar-refractivity contribution in [2.75, 3.05) is 31.2 Å². The maximum absolute atomic E-state index is 12.9. The minimum atomic E-state index is -4.52. The first-order valence-electron chi connectivity index (χ1n) is 8.75. The summed E-state index contributed by atoms with van der Waals surface area (Å²) in [6, 6.07) is 4.35. The second-order valence-corrected chi connectivity index (χ2v) is 10.2. The van der Waals surface area contributed by atoms with Gasteiger partial charge in [0.05, 0.1) is 0 Å². The number of hydrogen-bond donors (Lipinski definition) is 1. The van der Waals surface area contributed by atoms with Gasteiger partial charge in [-0.3, -0.25) is 4.79 Å². The SMILES string of the molecule is O=C(NCc1cccnc1OCC(F)(F)F)c1sccc1S(=O)(=O)N1CCSCC1. The Kier molecular flexibility index (Phi) is 7.26. The molecule has 1 saturated heterocycles. The number of thiophene rings is 1. The number of carbonyl (C=O) groups is 1. The van der Waals surface area contributed by atoms with Gasteiger partial charge in [-0.25, -0.2) is 13.4 Å². The predicted molar refractivity (Wildman–Crippen MR) is 107 cm³/mol. The van der Waals surface area contributed by atoms with Crippen LogP contribution in [0.15, 0.2) is 34.7 Å². The molecule has 0 saturated carbocycles. The first kappa shape index (κ1) is 22.8. The number of halogens is 3. The standard InChI is InChI=1S/C17H18F3N3O4S3/c18-17(19,20)11-27-16-12(2-1-4-21-16)10-22-15(24)14-13(3-7-29-14)30(25,26)23-5-8-28-9-6-23/h1-4,7H,5-6,8-11H2,(H,22,24). The number of pyridine rings is 1. The zero-order valence-electron chi connectivity index (χ0n) is 15.5. The van der Waals surface area contributed by atoms with Crippen molar-refractivity contribution in [1.82, 2.24) is 14.6 Å². The highest BCUT2D eigenvalue weighted by Crippen LogP contribution is 2.27. The van der Waals surface area contributed by atoms with E-state index in [0.717, 1.165) is 11.3 Å². The van der Waals surface area contributed by atoms with Crippen LogP contribution in [0, 0.1) is 0 Å². The molecule has 30 heavy (non-hydrogen) atoms. The van der Waals surface area contributed by atoms with Crippen molar-refractivity contribution in [2.45, 2.75) is 17.6 Å². The fourth-order valence-corrected chi connectivity index (χ4v) is 6.58. The second kappa shape index (κ2) is 9.54. The molecule has 3 rings (SSSR count). The van der Waals surface area contributed by atoms with Crippen LogP contribution in [-0.4, -0.2) is 61.0 Å². The molecule has 0 unspecified atom stereocenters. The number of carbonyl (C=O) groups excluding carboxylic acids is 1. The van der Waals surface area contributed by atoms with Gasteiger partial charge in [-0.1, -0.05) is 6.07 Å². The molecule has 2 aromatic rings. The zero-order chi connectivity index (χ0) is 21.8. The van der Waals surface area contributed by atoms with Crippen LogP contribution < -0.4 is 10.1 Å². The van der Waals surface area contributed by atoms with Crippen molar-refractivity contribution in [2.24, 2.45) is 0 Å². The molecular weight excluding hydrogens is 463 g/mol. The van der Waals surface area contributed by atoms with Gasteiger partial charge in [0, 0.05) is 42.9 Å². The molecule has 0 aromatic carbocycles. The lowest BCUT2D eigenvalue weighted by Gasteiger charge is -2.25. The van der Waals surface area contributed by atoms with Gasteiger partial charge >= 0.3 is 6.18 Å². The van der Waals surface area contributed by atoms with Gasteiger partial charge in [-0.05, 0) is 17.5 Å². The summed E-state index contributed by atoms with van der Waals surface area (Å²) in [4.78, 5) is 16.3. The number of ether oxygens (including phenoxy) is 1. The fraction of sp³-hybridized carbons (Fsp3) is 0.412. The van der Waals surface area contributed by atoms with Crippen molar-refractivity contribution in [3.63, 3.8) is 0 Å². The number of sulfonamides is 1. The maximum Gasteiger partial charge on any atom is 0.422 e. The molecule has 1 fully saturated rings. The largest absolute Gasteiger partial charge is 0.468 e. The van der Waals surface area contributed by atoms with Crippen LogP contribution in [0.25, 0.3) is 0 Å². The van der Waals surface area contributed by atoms with E-state index in [1.807, 2.05) is 0 Å². The number of amides is 1. The molecule has 3 heterocycles. The third-order valence-electron chi connectivity index (χ3n) is 4.09. The van der Waals surface area contributed by atoms with Crippen molar-refractivity contribution < 1.29 is 31.1 Å². The molecule has 13 heteroatoms. The smallest absolute Gasteiger partial charge is 0.422 e. The monoisotopic (exact) mass is 481 g/mol. The van der Waals surface area contributed by atoms with Gasteiger partial charge in [-0.15, -0.1) is 11.3 Å². The van der Waals surface area contributed by atoms with E-state index >= 15 is 0 Å². The number of alkyl halides is 3. The highest BCUT2D eigenvalue weighted by molar-refractivity contribution is 7.99. The predicted octanol–water partition coefficient (Wildman–Crippen LogP) is 2.75. The average Bonchev–Trinajstić information content (AvgIpc) is 3.22. The normalized spacial score (nSPS) is 15.7. The molecule has 7 nitrogen and oxygen atoms in total. The van der Waals surface area contributed by atoms with Crippen molar-refractivity contribution >= 4 is 39.0 Å². The molecule has 0 radical (unpaired) electrons. The van der Waals surface area contributed by atoms with Gasteiger partial charge in [0.25, 0.3) is 5.91 Å². The number of aromatic nitrogens is 1. The van der Waals surface area contributed by atoms with Crippen LogP contribution in [0.1, 0.15) is 15.2 Å². The Hall–Kier alpha value is -1.83. The van der Waals surface area contributed by atoms with E-state index in [-0.39, 0.29) is 27.8 Å². The van der Waals surface area contributed by atoms with E-state index in [1.54, 1.807) is 11.8 Å². The van der Waals surface area contributed by atoms with Crippen molar-refractivity contribution in [3.05, 3.63) is 40.2 Å². The Morgan fingerprint density at radius 2 is 2.00 bits per heavy atom. The van der Waals surface area contributed by atoms with Gasteiger partial charge < -0.3 is 10.1 Å². The minimum absolute atomic E-state index is 0.0230. The van der Waals surface area contributed by atoms with Crippen LogP contribution >= 0.6 is 23.1 Å². The Balaban J connectivity index is 1.71. The molecule has 1 amide bonds. The van der Waals surface area contributed by atoms with E-state index in [9.17, 15) is 26.4 Å². The molecule has 0 aliphatic carbocycles. The second-order valence-electron chi connectivity index (χ2n) is 6.18. The van der Waals surface area contributed by atoms with Gasteiger partial charge in [-0.2, -0.15) is 29.2 Å². The van der Waals surface area contributed by atoms with Gasteiger partial charge in [0.2, 0.25) is 15.9 Å². The summed E-state index contributed by atoms with van der Waals surface area (Å²) in [5, 5.41) is 4.05. The number of thioether (sulfide) groups is 1. The van der Waals surface area contributed by atoms with Gasteiger partial charge in [0.1, 0.15) is 9.77 Å². The van der Waals surface area contributed by atoms with Gasteiger partial charge in [0.15, 0.2) is 6.61 Å². The first-order chi connectivity index (χ1) is 14.2. The average molecular weight is 482 g/mol. The fourth-order valence-electron chi connectivity index (χ4n) is 2.69. The quantitative estimate of drug-likeness (QED) is 0.654. The highest BCUT2D eigenvalue weighted by Gasteiger charge is 2.31. The lowest BCUT2D eigenvalue weighted by molar-refractivity contribution is -0.154. The van der Waals surface area contributed by atoms with Crippen LogP contribution in [0.4, 0.5) is 13.2 Å². The Labute approximate surface area is 179 Å². The summed E-state index contributed by atoms with van der Waals surface area (Å²) in [6.45, 7) is -0.928. The molecule has 164 valence electrons. The van der Waals surface area contributed by atoms with E-state index in [0.29, 0.717) is 24.6 Å². The summed E-state index contributed by atoms with van der Waals surface area (Å²) >= 11 is 2.65. The Morgan fingerprint density at radius 3 is 2.70 bits per heavy atom. The van der Waals surface area contributed by atoms with Crippen LogP contribution in [0.3, 0.4) is 0 Å². The Morgan fingerprint density at radius 1 is 1.27 bits per heavy atom. The summed E-state index contributed by atoms with van der Waals surface area (Å²) < 4.78 is 69.0. The first-order valence-corrected chi connectivity index (χ1v) is 12.2. The molecule has 0 spiro atoms. The minimum Gasteiger partial charge on any atom is -0.468 e. The molecule has 0 bridgehead atoms. The number of nitrogens with one attached hydrogen (secondary N) is 1. The lowest BCUT2D eigenvalue weighted by atomic mass is 10.2. The number of rotatable bonds is 7. The summed E-state index contributed by atoms with van der Waals surface area (Å²) in [7, 11) is -3.80. The molecular formula is C17H18F3N3O4S3. The van der Waals surface area contributed by atoms with Crippen LogP contribution in [0.5, 0.6) is 5.88 Å². The molecule has 1 aliphatic heterocycles. The third kappa shape index (κ3) is 5.65. The molecule has 2 aromatic heterocycles. The van der Waals surface area contributed by atoms with Crippen molar-refractivity contribution in [3.8, 4) is 5.88 Å². The van der Waals surface area contributed by atoms with E-state index in [2.05, 4.69) is 10.3 Å². The maximum atomic E-state index is 12.9. The zero-order valence-corrected chi connectivity index (χ0v) is 18.0. The van der Waals surface area contributed by atoms with Crippen molar-refractivity contribution in [1.29, 1.82) is 0 Å². The number of hydrogen-bond acceptors (Lipinski definition) is 7. The van der Waals surface area contributed by atoms with E-state index in [4.69, 9.17) is 4.74 Å². The van der Waals surface area contributed by atoms with Crippen LogP contribution in [-0.2, 0) is 16.6 Å². The van der Waals surface area contributed by atoms with E-state index in [1.165, 1.54) is 34.1 Å².